The summed E-state index contributed by atoms with van der Waals surface area (Å²) in [6.45, 7) is 12.3. The Morgan fingerprint density at radius 1 is 1.38 bits per heavy atom. The van der Waals surface area contributed by atoms with E-state index in [1.165, 1.54) is 27.8 Å². The molecule has 130 valence electrons. The van der Waals surface area contributed by atoms with Gasteiger partial charge in [0.1, 0.15) is 6.10 Å². The quantitative estimate of drug-likeness (QED) is 0.425. The smallest absolute Gasteiger partial charge is 0.104 e. The van der Waals surface area contributed by atoms with E-state index in [2.05, 4.69) is 61.9 Å². The average molecular weight is 326 g/mol. The van der Waals surface area contributed by atoms with Crippen LogP contribution in [0.25, 0.3) is 0 Å². The first-order valence-corrected chi connectivity index (χ1v) is 8.77. The van der Waals surface area contributed by atoms with Crippen molar-refractivity contribution in [2.24, 2.45) is 4.99 Å². The Balaban J connectivity index is 2.40. The molecule has 1 unspecified atom stereocenters. The number of aryl methyl sites for hydroxylation is 1. The molecule has 3 heteroatoms. The van der Waals surface area contributed by atoms with Crippen molar-refractivity contribution in [1.29, 1.82) is 0 Å². The van der Waals surface area contributed by atoms with E-state index in [-0.39, 0.29) is 6.10 Å². The maximum absolute atomic E-state index is 6.11. The molecule has 0 N–H and O–H groups in total. The molecule has 0 fully saturated rings. The number of hydrogen-bond donors (Lipinski definition) is 0. The summed E-state index contributed by atoms with van der Waals surface area (Å²) in [4.78, 5) is 6.74. The first-order chi connectivity index (χ1) is 11.5. The molecule has 1 aromatic rings. The second-order valence-electron chi connectivity index (χ2n) is 6.52. The van der Waals surface area contributed by atoms with Gasteiger partial charge >= 0.3 is 0 Å². The summed E-state index contributed by atoms with van der Waals surface area (Å²) in [5, 5.41) is 0. The maximum atomic E-state index is 6.11. The Bertz CT molecular complexity index is 671. The molecule has 24 heavy (non-hydrogen) atoms. The Hall–Kier alpha value is -1.87. The SMILES string of the molecule is C/C=C\C(C)=C(/C)C1OCCc2cc(N=CN(C)CC)c(C)cc21. The van der Waals surface area contributed by atoms with Gasteiger partial charge in [-0.25, -0.2) is 4.99 Å². The van der Waals surface area contributed by atoms with Gasteiger partial charge in [0.2, 0.25) is 0 Å². The molecule has 1 heterocycles. The van der Waals surface area contributed by atoms with Crippen LogP contribution in [0.3, 0.4) is 0 Å². The second-order valence-corrected chi connectivity index (χ2v) is 6.52. The van der Waals surface area contributed by atoms with E-state index in [4.69, 9.17) is 4.74 Å². The maximum Gasteiger partial charge on any atom is 0.104 e. The van der Waals surface area contributed by atoms with Gasteiger partial charge in [-0.1, -0.05) is 18.2 Å². The Morgan fingerprint density at radius 3 is 2.79 bits per heavy atom. The molecule has 0 bridgehead atoms. The lowest BCUT2D eigenvalue weighted by atomic mass is 9.89. The van der Waals surface area contributed by atoms with E-state index in [9.17, 15) is 0 Å². The Labute approximate surface area is 146 Å². The first kappa shape index (κ1) is 18.5. The summed E-state index contributed by atoms with van der Waals surface area (Å²) in [6.07, 6.45) is 7.15. The molecule has 1 atom stereocenters. The molecule has 1 aromatic carbocycles. The number of nitrogens with zero attached hydrogens (tertiary/aromatic N) is 2. The predicted octanol–water partition coefficient (Wildman–Crippen LogP) is 5.13. The zero-order valence-electron chi connectivity index (χ0n) is 15.9. The van der Waals surface area contributed by atoms with E-state index in [0.717, 1.165) is 25.3 Å². The van der Waals surface area contributed by atoms with Crippen LogP contribution >= 0.6 is 0 Å². The molecule has 0 amide bonds. The minimum absolute atomic E-state index is 0.0556. The van der Waals surface area contributed by atoms with Crippen LogP contribution in [-0.4, -0.2) is 31.4 Å². The molecule has 0 saturated carbocycles. The monoisotopic (exact) mass is 326 g/mol. The van der Waals surface area contributed by atoms with Gasteiger partial charge in [-0.15, -0.1) is 0 Å². The lowest BCUT2D eigenvalue weighted by molar-refractivity contribution is 0.0666. The Kier molecular flexibility index (Phi) is 6.38. The highest BCUT2D eigenvalue weighted by Gasteiger charge is 2.24. The lowest BCUT2D eigenvalue weighted by Crippen LogP contribution is -2.18. The standard InChI is InChI=1S/C21H30N2O/c1-7-9-15(3)17(5)21-19-12-16(4)20(22-14-23(6)8-2)13-18(19)10-11-24-21/h7,9,12-14,21H,8,10-11H2,1-6H3/b9-7-,17-15+,22-14?. The van der Waals surface area contributed by atoms with Gasteiger partial charge in [0.25, 0.3) is 0 Å². The zero-order chi connectivity index (χ0) is 17.7. The fraction of sp³-hybridized carbons (Fsp3) is 0.476. The fourth-order valence-corrected chi connectivity index (χ4v) is 2.93. The van der Waals surface area contributed by atoms with Gasteiger partial charge in [-0.2, -0.15) is 0 Å². The summed E-state index contributed by atoms with van der Waals surface area (Å²) < 4.78 is 6.11. The summed E-state index contributed by atoms with van der Waals surface area (Å²) in [6, 6.07) is 4.49. The van der Waals surface area contributed by atoms with E-state index in [1.54, 1.807) is 0 Å². The van der Waals surface area contributed by atoms with Crippen LogP contribution in [0.2, 0.25) is 0 Å². The summed E-state index contributed by atoms with van der Waals surface area (Å²) in [5.41, 5.74) is 7.47. The zero-order valence-corrected chi connectivity index (χ0v) is 15.9. The fourth-order valence-electron chi connectivity index (χ4n) is 2.93. The topological polar surface area (TPSA) is 24.8 Å². The van der Waals surface area contributed by atoms with E-state index in [0.29, 0.717) is 0 Å². The molecule has 3 nitrogen and oxygen atoms in total. The minimum Gasteiger partial charge on any atom is -0.369 e. The highest BCUT2D eigenvalue weighted by atomic mass is 16.5. The Morgan fingerprint density at radius 2 is 2.12 bits per heavy atom. The average Bonchev–Trinajstić information content (AvgIpc) is 2.58. The summed E-state index contributed by atoms with van der Waals surface area (Å²) in [7, 11) is 2.04. The minimum atomic E-state index is 0.0556. The number of allylic oxidation sites excluding steroid dienone is 3. The molecule has 0 radical (unpaired) electrons. The van der Waals surface area contributed by atoms with Crippen LogP contribution in [0, 0.1) is 6.92 Å². The molecule has 1 aliphatic rings. The van der Waals surface area contributed by atoms with Crippen LogP contribution < -0.4 is 0 Å². The van der Waals surface area contributed by atoms with Crippen molar-refractivity contribution in [3.05, 3.63) is 52.1 Å². The number of ether oxygens (including phenoxy) is 1. The van der Waals surface area contributed by atoms with Gasteiger partial charge in [-0.05, 0) is 74.9 Å². The largest absolute Gasteiger partial charge is 0.369 e. The summed E-state index contributed by atoms with van der Waals surface area (Å²) >= 11 is 0. The summed E-state index contributed by atoms with van der Waals surface area (Å²) in [5.74, 6) is 0. The molecule has 0 aliphatic carbocycles. The number of hydrogen-bond acceptors (Lipinski definition) is 2. The van der Waals surface area contributed by atoms with Crippen LogP contribution in [0.15, 0.2) is 40.4 Å². The van der Waals surface area contributed by atoms with Crippen molar-refractivity contribution >= 4 is 12.0 Å². The highest BCUT2D eigenvalue weighted by Crippen LogP contribution is 2.37. The molecule has 2 rings (SSSR count). The lowest BCUT2D eigenvalue weighted by Gasteiger charge is -2.28. The molecule has 0 aromatic heterocycles. The second kappa shape index (κ2) is 8.29. The molecule has 1 aliphatic heterocycles. The first-order valence-electron chi connectivity index (χ1n) is 8.77. The number of fused-ring (bicyclic) bond motifs is 1. The van der Waals surface area contributed by atoms with Crippen molar-refractivity contribution < 1.29 is 4.74 Å². The number of rotatable bonds is 5. The third-order valence-corrected chi connectivity index (χ3v) is 4.72. The van der Waals surface area contributed by atoms with Crippen LogP contribution in [0.4, 0.5) is 5.69 Å². The van der Waals surface area contributed by atoms with Gasteiger partial charge in [0.15, 0.2) is 0 Å². The van der Waals surface area contributed by atoms with E-state index in [1.807, 2.05) is 20.3 Å². The number of aliphatic imine (C=N–C) groups is 1. The van der Waals surface area contributed by atoms with Crippen molar-refractivity contribution in [1.82, 2.24) is 4.90 Å². The van der Waals surface area contributed by atoms with Crippen LogP contribution in [0.5, 0.6) is 0 Å². The third kappa shape index (κ3) is 4.15. The van der Waals surface area contributed by atoms with Crippen molar-refractivity contribution in [3.8, 4) is 0 Å². The van der Waals surface area contributed by atoms with Crippen LogP contribution in [-0.2, 0) is 11.2 Å². The highest BCUT2D eigenvalue weighted by molar-refractivity contribution is 5.64. The van der Waals surface area contributed by atoms with Crippen molar-refractivity contribution in [2.75, 3.05) is 20.2 Å². The van der Waals surface area contributed by atoms with E-state index >= 15 is 0 Å². The van der Waals surface area contributed by atoms with Gasteiger partial charge in [0.05, 0.1) is 18.6 Å². The van der Waals surface area contributed by atoms with Crippen molar-refractivity contribution in [2.45, 2.75) is 47.1 Å². The van der Waals surface area contributed by atoms with Gasteiger partial charge in [-0.3, -0.25) is 0 Å². The molecular weight excluding hydrogens is 296 g/mol. The molecule has 0 spiro atoms. The molecule has 0 saturated heterocycles. The van der Waals surface area contributed by atoms with Gasteiger partial charge < -0.3 is 9.64 Å². The van der Waals surface area contributed by atoms with E-state index < -0.39 is 0 Å². The molecular formula is C21H30N2O. The third-order valence-electron chi connectivity index (χ3n) is 4.72. The van der Waals surface area contributed by atoms with Crippen molar-refractivity contribution in [3.63, 3.8) is 0 Å². The normalized spacial score (nSPS) is 18.8. The number of benzene rings is 1. The van der Waals surface area contributed by atoms with Gasteiger partial charge in [0, 0.05) is 13.6 Å². The predicted molar refractivity (Wildman–Crippen MR) is 103 cm³/mol. The van der Waals surface area contributed by atoms with Crippen LogP contribution in [0.1, 0.15) is 50.5 Å².